The van der Waals surface area contributed by atoms with E-state index in [1.165, 1.54) is 4.68 Å². The Morgan fingerprint density at radius 1 is 1.50 bits per heavy atom. The minimum absolute atomic E-state index is 0.00926. The fraction of sp³-hybridized carbons (Fsp3) is 0.143. The van der Waals surface area contributed by atoms with Crippen LogP contribution in [0.5, 0.6) is 0 Å². The highest BCUT2D eigenvalue weighted by molar-refractivity contribution is 6.02. The van der Waals surface area contributed by atoms with Gasteiger partial charge in [-0.15, -0.1) is 0 Å². The topological polar surface area (TPSA) is 113 Å². The van der Waals surface area contributed by atoms with Crippen molar-refractivity contribution in [3.05, 3.63) is 11.9 Å². The smallest absolute Gasteiger partial charge is 0.268 e. The Morgan fingerprint density at radius 2 is 2.21 bits per heavy atom. The number of anilines is 1. The van der Waals surface area contributed by atoms with Crippen LogP contribution in [-0.4, -0.2) is 25.7 Å². The summed E-state index contributed by atoms with van der Waals surface area (Å²) in [7, 11) is 1.71. The van der Waals surface area contributed by atoms with Crippen LogP contribution in [-0.2, 0) is 7.05 Å². The minimum atomic E-state index is -0.642. The highest BCUT2D eigenvalue weighted by atomic mass is 16.1. The van der Waals surface area contributed by atoms with Crippen LogP contribution in [0.1, 0.15) is 10.5 Å². The van der Waals surface area contributed by atoms with Crippen molar-refractivity contribution in [1.29, 1.82) is 0 Å². The first kappa shape index (κ1) is 8.42. The molecule has 0 fully saturated rings. The number of hydrogen-bond acceptors (Lipinski definition) is 5. The molecule has 7 heteroatoms. The maximum Gasteiger partial charge on any atom is 0.268 e. The summed E-state index contributed by atoms with van der Waals surface area (Å²) in [5.41, 5.74) is 11.0. The molecule has 0 aliphatic rings. The number of primary amides is 1. The van der Waals surface area contributed by atoms with Crippen molar-refractivity contribution in [1.82, 2.24) is 19.7 Å². The molecule has 0 saturated carbocycles. The lowest BCUT2D eigenvalue weighted by Gasteiger charge is -1.96. The van der Waals surface area contributed by atoms with Gasteiger partial charge in [0.25, 0.3) is 5.91 Å². The summed E-state index contributed by atoms with van der Waals surface area (Å²) in [4.78, 5) is 18.6. The van der Waals surface area contributed by atoms with Gasteiger partial charge in [-0.25, -0.2) is 4.98 Å². The fourth-order valence-corrected chi connectivity index (χ4v) is 1.22. The van der Waals surface area contributed by atoms with Crippen molar-refractivity contribution < 1.29 is 4.79 Å². The second-order valence-electron chi connectivity index (χ2n) is 2.83. The molecule has 0 unspecified atom stereocenters. The molecule has 4 N–H and O–H groups in total. The van der Waals surface area contributed by atoms with Crippen molar-refractivity contribution in [3.8, 4) is 0 Å². The summed E-state index contributed by atoms with van der Waals surface area (Å²) in [6, 6.07) is 0. The first-order chi connectivity index (χ1) is 6.58. The van der Waals surface area contributed by atoms with E-state index in [4.69, 9.17) is 11.5 Å². The van der Waals surface area contributed by atoms with Gasteiger partial charge in [0, 0.05) is 13.2 Å². The Labute approximate surface area is 78.7 Å². The Morgan fingerprint density at radius 3 is 2.86 bits per heavy atom. The van der Waals surface area contributed by atoms with E-state index in [9.17, 15) is 4.79 Å². The molecular weight excluding hydrogens is 184 g/mol. The number of hydrogen-bond donors (Lipinski definition) is 2. The van der Waals surface area contributed by atoms with E-state index in [1.54, 1.807) is 13.2 Å². The Bertz CT molecular complexity index is 516. The van der Waals surface area contributed by atoms with Crippen LogP contribution < -0.4 is 11.5 Å². The molecule has 0 atom stereocenters. The molecule has 0 bridgehead atoms. The van der Waals surface area contributed by atoms with E-state index in [0.717, 1.165) is 0 Å². The van der Waals surface area contributed by atoms with Gasteiger partial charge in [0.2, 0.25) is 5.95 Å². The average molecular weight is 192 g/mol. The summed E-state index contributed by atoms with van der Waals surface area (Å²) < 4.78 is 1.52. The van der Waals surface area contributed by atoms with Gasteiger partial charge in [-0.3, -0.25) is 9.48 Å². The van der Waals surface area contributed by atoms with Crippen LogP contribution in [0.4, 0.5) is 5.95 Å². The lowest BCUT2D eigenvalue weighted by atomic mass is 10.3. The molecule has 1 amide bonds. The molecule has 0 radical (unpaired) electrons. The first-order valence-corrected chi connectivity index (χ1v) is 3.84. The summed E-state index contributed by atoms with van der Waals surface area (Å²) in [6.45, 7) is 0. The number of fused-ring (bicyclic) bond motifs is 1. The zero-order chi connectivity index (χ0) is 10.3. The largest absolute Gasteiger partial charge is 0.368 e. The summed E-state index contributed by atoms with van der Waals surface area (Å²) in [5, 5.41) is 4.50. The average Bonchev–Trinajstić information content (AvgIpc) is 2.42. The highest BCUT2D eigenvalue weighted by Gasteiger charge is 2.13. The van der Waals surface area contributed by atoms with Gasteiger partial charge >= 0.3 is 0 Å². The summed E-state index contributed by atoms with van der Waals surface area (Å²) in [6.07, 6.45) is 1.62. The van der Waals surface area contributed by atoms with Crippen molar-refractivity contribution >= 4 is 22.9 Å². The Kier molecular flexibility index (Phi) is 1.60. The van der Waals surface area contributed by atoms with E-state index < -0.39 is 5.91 Å². The van der Waals surface area contributed by atoms with E-state index in [1.807, 2.05) is 0 Å². The number of aryl methyl sites for hydroxylation is 1. The summed E-state index contributed by atoms with van der Waals surface area (Å²) in [5.74, 6) is -0.651. The predicted octanol–water partition coefficient (Wildman–Crippen LogP) is -0.956. The van der Waals surface area contributed by atoms with Gasteiger partial charge in [0.15, 0.2) is 5.65 Å². The van der Waals surface area contributed by atoms with Crippen LogP contribution >= 0.6 is 0 Å². The Balaban J connectivity index is 2.85. The lowest BCUT2D eigenvalue weighted by molar-refractivity contribution is 0.0997. The quantitative estimate of drug-likeness (QED) is 0.604. The second-order valence-corrected chi connectivity index (χ2v) is 2.83. The van der Waals surface area contributed by atoms with Crippen LogP contribution in [0.2, 0.25) is 0 Å². The molecule has 7 nitrogen and oxygen atoms in total. The number of carbonyl (C=O) groups excluding carboxylic acids is 1. The zero-order valence-corrected chi connectivity index (χ0v) is 7.43. The van der Waals surface area contributed by atoms with Crippen LogP contribution in [0.3, 0.4) is 0 Å². The van der Waals surface area contributed by atoms with E-state index in [2.05, 4.69) is 15.1 Å². The molecule has 0 aliphatic heterocycles. The molecule has 2 aromatic heterocycles. The van der Waals surface area contributed by atoms with Gasteiger partial charge in [0.1, 0.15) is 5.69 Å². The van der Waals surface area contributed by atoms with Crippen molar-refractivity contribution in [2.75, 3.05) is 5.73 Å². The predicted molar refractivity (Wildman–Crippen MR) is 49.2 cm³/mol. The van der Waals surface area contributed by atoms with Gasteiger partial charge < -0.3 is 11.5 Å². The molecule has 14 heavy (non-hydrogen) atoms. The molecule has 2 heterocycles. The lowest BCUT2D eigenvalue weighted by Crippen LogP contribution is -2.15. The maximum atomic E-state index is 11.0. The van der Waals surface area contributed by atoms with E-state index in [-0.39, 0.29) is 11.6 Å². The molecule has 2 rings (SSSR count). The van der Waals surface area contributed by atoms with Crippen molar-refractivity contribution in [2.45, 2.75) is 0 Å². The molecule has 72 valence electrons. The standard InChI is InChI=1S/C7H8N6O/c1-13-2-3-4(5(8)14)10-7(9)11-6(3)12-13/h2H,1H3,(H2,8,14)(H2,9,11,12). The maximum absolute atomic E-state index is 11.0. The van der Waals surface area contributed by atoms with Crippen LogP contribution in [0.15, 0.2) is 6.20 Å². The third kappa shape index (κ3) is 1.15. The van der Waals surface area contributed by atoms with Gasteiger partial charge in [0.05, 0.1) is 5.39 Å². The van der Waals surface area contributed by atoms with E-state index >= 15 is 0 Å². The van der Waals surface area contributed by atoms with Crippen molar-refractivity contribution in [3.63, 3.8) is 0 Å². The minimum Gasteiger partial charge on any atom is -0.368 e. The van der Waals surface area contributed by atoms with Gasteiger partial charge in [-0.2, -0.15) is 10.1 Å². The van der Waals surface area contributed by atoms with E-state index in [0.29, 0.717) is 11.0 Å². The number of carbonyl (C=O) groups is 1. The highest BCUT2D eigenvalue weighted by Crippen LogP contribution is 2.13. The number of rotatable bonds is 1. The molecule has 2 aromatic rings. The molecule has 0 saturated heterocycles. The Hall–Kier alpha value is -2.18. The third-order valence-corrected chi connectivity index (χ3v) is 1.74. The monoisotopic (exact) mass is 192 g/mol. The summed E-state index contributed by atoms with van der Waals surface area (Å²) >= 11 is 0. The fourth-order valence-electron chi connectivity index (χ4n) is 1.22. The number of aromatic nitrogens is 4. The second kappa shape index (κ2) is 2.66. The van der Waals surface area contributed by atoms with Crippen molar-refractivity contribution in [2.24, 2.45) is 12.8 Å². The number of nitrogens with zero attached hydrogens (tertiary/aromatic N) is 4. The normalized spacial score (nSPS) is 10.6. The SMILES string of the molecule is Cn1cc2c(C(N)=O)nc(N)nc2n1. The number of nitrogen functional groups attached to an aromatic ring is 1. The first-order valence-electron chi connectivity index (χ1n) is 3.84. The third-order valence-electron chi connectivity index (χ3n) is 1.74. The van der Waals surface area contributed by atoms with Crippen LogP contribution in [0.25, 0.3) is 11.0 Å². The van der Waals surface area contributed by atoms with Gasteiger partial charge in [-0.05, 0) is 0 Å². The van der Waals surface area contributed by atoms with Gasteiger partial charge in [-0.1, -0.05) is 0 Å². The number of nitrogens with two attached hydrogens (primary N) is 2. The van der Waals surface area contributed by atoms with Crippen LogP contribution in [0, 0.1) is 0 Å². The molecular formula is C7H8N6O. The molecule has 0 spiro atoms. The number of amides is 1. The zero-order valence-electron chi connectivity index (χ0n) is 7.43. The molecule has 0 aromatic carbocycles. The molecule has 0 aliphatic carbocycles.